The largest absolute Gasteiger partial charge is 0.370 e. The topological polar surface area (TPSA) is 63.3 Å². The lowest BCUT2D eigenvalue weighted by Crippen LogP contribution is -2.33. The highest BCUT2D eigenvalue weighted by Crippen LogP contribution is 2.05. The lowest BCUT2D eigenvalue weighted by Gasteiger charge is -2.05. The number of hydrogen-bond acceptors (Lipinski definition) is 2. The third-order valence-corrected chi connectivity index (χ3v) is 3.03. The lowest BCUT2D eigenvalue weighted by atomic mass is 10.2. The summed E-state index contributed by atoms with van der Waals surface area (Å²) in [5.74, 6) is 0.526. The first-order chi connectivity index (χ1) is 9.22. The van der Waals surface area contributed by atoms with Crippen LogP contribution in [0.15, 0.2) is 23.3 Å². The van der Waals surface area contributed by atoms with Gasteiger partial charge in [0.25, 0.3) is 0 Å². The van der Waals surface area contributed by atoms with Crippen molar-refractivity contribution in [1.82, 2.24) is 10.3 Å². The molecule has 1 heterocycles. The summed E-state index contributed by atoms with van der Waals surface area (Å²) >= 11 is 5.72. The first-order valence-corrected chi connectivity index (χ1v) is 7.24. The van der Waals surface area contributed by atoms with Gasteiger partial charge in [0.05, 0.1) is 0 Å². The zero-order valence-electron chi connectivity index (χ0n) is 11.9. The van der Waals surface area contributed by atoms with Crippen LogP contribution in [0.4, 0.5) is 0 Å². The number of halogens is 2. The van der Waals surface area contributed by atoms with Crippen molar-refractivity contribution >= 4 is 41.5 Å². The van der Waals surface area contributed by atoms with E-state index in [1.807, 2.05) is 6.07 Å². The molecule has 0 saturated heterocycles. The summed E-state index contributed by atoms with van der Waals surface area (Å²) in [6.07, 6.45) is 7.48. The normalized spacial score (nSPS) is 11.0. The van der Waals surface area contributed by atoms with Crippen LogP contribution in [0.5, 0.6) is 0 Å². The number of rotatable bonds is 8. The van der Waals surface area contributed by atoms with E-state index in [1.54, 1.807) is 12.3 Å². The highest BCUT2D eigenvalue weighted by molar-refractivity contribution is 14.0. The van der Waals surface area contributed by atoms with Crippen molar-refractivity contribution in [1.29, 1.82) is 0 Å². The number of nitrogens with two attached hydrogens (primary N) is 1. The Morgan fingerprint density at radius 1 is 1.35 bits per heavy atom. The molecule has 0 aliphatic rings. The molecule has 0 radical (unpaired) electrons. The maximum Gasteiger partial charge on any atom is 0.188 e. The van der Waals surface area contributed by atoms with E-state index in [9.17, 15) is 0 Å². The van der Waals surface area contributed by atoms with Crippen LogP contribution in [0.25, 0.3) is 0 Å². The molecule has 0 aromatic carbocycles. The van der Waals surface area contributed by atoms with Gasteiger partial charge in [0.1, 0.15) is 5.15 Å². The van der Waals surface area contributed by atoms with Gasteiger partial charge in [-0.1, -0.05) is 43.9 Å². The molecule has 1 aromatic rings. The third-order valence-electron chi connectivity index (χ3n) is 2.80. The molecule has 0 fully saturated rings. The molecule has 1 aromatic heterocycles. The molecule has 114 valence electrons. The van der Waals surface area contributed by atoms with Gasteiger partial charge in [0, 0.05) is 19.3 Å². The quantitative estimate of drug-likeness (QED) is 0.227. The van der Waals surface area contributed by atoms with Gasteiger partial charge in [0.2, 0.25) is 0 Å². The van der Waals surface area contributed by atoms with Crippen molar-refractivity contribution in [2.45, 2.75) is 39.0 Å². The second-order valence-electron chi connectivity index (χ2n) is 4.49. The van der Waals surface area contributed by atoms with Crippen LogP contribution in [0, 0.1) is 0 Å². The van der Waals surface area contributed by atoms with Crippen LogP contribution in [0.3, 0.4) is 0 Å². The van der Waals surface area contributed by atoms with E-state index in [1.165, 1.54) is 19.3 Å². The fourth-order valence-corrected chi connectivity index (χ4v) is 1.80. The minimum Gasteiger partial charge on any atom is -0.370 e. The summed E-state index contributed by atoms with van der Waals surface area (Å²) < 4.78 is 0. The molecule has 0 saturated carbocycles. The van der Waals surface area contributed by atoms with Crippen molar-refractivity contribution in [2.75, 3.05) is 13.1 Å². The second kappa shape index (κ2) is 12.2. The molecule has 4 nitrogen and oxygen atoms in total. The Bertz CT molecular complexity index is 381. The standard InChI is InChI=1S/C14H23ClN4.HI/c1-2-3-4-5-9-17-14(16)18-10-8-12-6-7-13(15)19-11-12;/h6-7,11H,2-5,8-10H2,1H3,(H3,16,17,18);1H. The van der Waals surface area contributed by atoms with Gasteiger partial charge in [-0.25, -0.2) is 4.98 Å². The molecule has 0 atom stereocenters. The van der Waals surface area contributed by atoms with Gasteiger partial charge in [-0.05, 0) is 24.5 Å². The Balaban J connectivity index is 0.00000361. The van der Waals surface area contributed by atoms with E-state index >= 15 is 0 Å². The summed E-state index contributed by atoms with van der Waals surface area (Å²) in [6, 6.07) is 3.76. The number of unbranched alkanes of at least 4 members (excludes halogenated alkanes) is 3. The molecule has 0 unspecified atom stereocenters. The summed E-state index contributed by atoms with van der Waals surface area (Å²) in [4.78, 5) is 8.32. The molecule has 0 aliphatic carbocycles. The van der Waals surface area contributed by atoms with Crippen molar-refractivity contribution < 1.29 is 0 Å². The minimum absolute atomic E-state index is 0. The second-order valence-corrected chi connectivity index (χ2v) is 4.88. The van der Waals surface area contributed by atoms with E-state index in [4.69, 9.17) is 17.3 Å². The molecular formula is C14H24ClIN4. The van der Waals surface area contributed by atoms with E-state index in [0.717, 1.165) is 31.5 Å². The summed E-state index contributed by atoms with van der Waals surface area (Å²) in [6.45, 7) is 3.76. The minimum atomic E-state index is 0. The number of aliphatic imine (C=N–C) groups is 1. The number of hydrogen-bond donors (Lipinski definition) is 2. The zero-order valence-corrected chi connectivity index (χ0v) is 15.0. The molecule has 0 bridgehead atoms. The van der Waals surface area contributed by atoms with Crippen LogP contribution in [-0.4, -0.2) is 24.0 Å². The van der Waals surface area contributed by atoms with Crippen molar-refractivity contribution in [2.24, 2.45) is 10.7 Å². The molecule has 0 spiro atoms. The predicted octanol–water partition coefficient (Wildman–Crippen LogP) is 3.38. The van der Waals surface area contributed by atoms with Gasteiger partial charge in [-0.15, -0.1) is 24.0 Å². The summed E-state index contributed by atoms with van der Waals surface area (Å²) in [5.41, 5.74) is 6.91. The Hall–Kier alpha value is -0.560. The number of aromatic nitrogens is 1. The van der Waals surface area contributed by atoms with Crippen LogP contribution in [0.1, 0.15) is 38.2 Å². The van der Waals surface area contributed by atoms with Gasteiger partial charge in [0.15, 0.2) is 5.96 Å². The number of nitrogens with one attached hydrogen (secondary N) is 1. The number of pyridine rings is 1. The van der Waals surface area contributed by atoms with E-state index < -0.39 is 0 Å². The van der Waals surface area contributed by atoms with Crippen LogP contribution in [-0.2, 0) is 6.42 Å². The Labute approximate surface area is 143 Å². The van der Waals surface area contributed by atoms with Gasteiger partial charge < -0.3 is 11.1 Å². The fourth-order valence-electron chi connectivity index (χ4n) is 1.68. The number of nitrogens with zero attached hydrogens (tertiary/aromatic N) is 2. The molecular weight excluding hydrogens is 387 g/mol. The SMILES string of the molecule is CCCCCCN=C(N)NCCc1ccc(Cl)nc1.I. The summed E-state index contributed by atoms with van der Waals surface area (Å²) in [5, 5.41) is 3.62. The lowest BCUT2D eigenvalue weighted by molar-refractivity contribution is 0.673. The molecule has 6 heteroatoms. The first-order valence-electron chi connectivity index (χ1n) is 6.86. The van der Waals surface area contributed by atoms with E-state index in [2.05, 4.69) is 22.2 Å². The van der Waals surface area contributed by atoms with Gasteiger partial charge in [-0.2, -0.15) is 0 Å². The van der Waals surface area contributed by atoms with Crippen molar-refractivity contribution in [3.63, 3.8) is 0 Å². The van der Waals surface area contributed by atoms with Crippen LogP contribution < -0.4 is 11.1 Å². The highest BCUT2D eigenvalue weighted by Gasteiger charge is 1.95. The molecule has 1 rings (SSSR count). The van der Waals surface area contributed by atoms with Crippen LogP contribution in [0.2, 0.25) is 5.15 Å². The predicted molar refractivity (Wildman–Crippen MR) is 97.0 cm³/mol. The number of guanidine groups is 1. The maximum atomic E-state index is 5.78. The third kappa shape index (κ3) is 9.36. The van der Waals surface area contributed by atoms with E-state index in [0.29, 0.717) is 11.1 Å². The van der Waals surface area contributed by atoms with Crippen LogP contribution >= 0.6 is 35.6 Å². The average molecular weight is 411 g/mol. The first kappa shape index (κ1) is 19.4. The molecule has 3 N–H and O–H groups in total. The molecule has 20 heavy (non-hydrogen) atoms. The monoisotopic (exact) mass is 410 g/mol. The van der Waals surface area contributed by atoms with E-state index in [-0.39, 0.29) is 24.0 Å². The van der Waals surface area contributed by atoms with Gasteiger partial charge in [-0.3, -0.25) is 4.99 Å². The van der Waals surface area contributed by atoms with Crippen molar-refractivity contribution in [3.8, 4) is 0 Å². The smallest absolute Gasteiger partial charge is 0.188 e. The summed E-state index contributed by atoms with van der Waals surface area (Å²) in [7, 11) is 0. The maximum absolute atomic E-state index is 5.78. The molecule has 0 aliphatic heterocycles. The zero-order chi connectivity index (χ0) is 13.9. The fraction of sp³-hybridized carbons (Fsp3) is 0.571. The Morgan fingerprint density at radius 3 is 2.80 bits per heavy atom. The Kier molecular flexibility index (Phi) is 11.9. The highest BCUT2D eigenvalue weighted by atomic mass is 127. The molecule has 0 amide bonds. The van der Waals surface area contributed by atoms with Gasteiger partial charge >= 0.3 is 0 Å². The van der Waals surface area contributed by atoms with Crippen molar-refractivity contribution in [3.05, 3.63) is 29.0 Å². The average Bonchev–Trinajstić information content (AvgIpc) is 2.41. The Morgan fingerprint density at radius 2 is 2.15 bits per heavy atom.